The maximum atomic E-state index is 12.4. The van der Waals surface area contributed by atoms with E-state index in [0.717, 1.165) is 10.5 Å². The number of aliphatic hydroxyl groups excluding tert-OH is 1. The van der Waals surface area contributed by atoms with Crippen molar-refractivity contribution in [2.24, 2.45) is 0 Å². The molecule has 5 nitrogen and oxygen atoms in total. The van der Waals surface area contributed by atoms with Gasteiger partial charge >= 0.3 is 0 Å². The molecule has 1 N–H and O–H groups in total. The third-order valence-corrected chi connectivity index (χ3v) is 4.12. The van der Waals surface area contributed by atoms with Gasteiger partial charge in [0.15, 0.2) is 0 Å². The molecule has 2 amide bonds. The minimum atomic E-state index is -0.845. The van der Waals surface area contributed by atoms with E-state index in [9.17, 15) is 14.7 Å². The normalized spacial score (nSPS) is 25.1. The zero-order chi connectivity index (χ0) is 14.0. The number of carbonyl (C=O) groups is 2. The standard InChI is InChI=1S/C13H17NO4S/c1-13(9-3-4-19-8-9)5-11(16)14(12(13)17)6-10(15)7-18-2/h3-4,8,10,15H,5-7H2,1-2H3/t10-,13-/m1/s1. The molecule has 0 aliphatic carbocycles. The fourth-order valence-electron chi connectivity index (χ4n) is 2.33. The lowest BCUT2D eigenvalue weighted by Gasteiger charge is -2.22. The Morgan fingerprint density at radius 1 is 1.58 bits per heavy atom. The van der Waals surface area contributed by atoms with Crippen LogP contribution >= 0.6 is 11.3 Å². The van der Waals surface area contributed by atoms with Gasteiger partial charge in [0.1, 0.15) is 0 Å². The summed E-state index contributed by atoms with van der Waals surface area (Å²) in [5, 5.41) is 13.5. The summed E-state index contributed by atoms with van der Waals surface area (Å²) in [7, 11) is 1.46. The van der Waals surface area contributed by atoms with Gasteiger partial charge in [-0.1, -0.05) is 0 Å². The van der Waals surface area contributed by atoms with Gasteiger partial charge in [0.25, 0.3) is 0 Å². The zero-order valence-electron chi connectivity index (χ0n) is 11.0. The first-order valence-corrected chi connectivity index (χ1v) is 6.98. The molecule has 0 unspecified atom stereocenters. The van der Waals surface area contributed by atoms with Crippen LogP contribution in [-0.2, 0) is 19.7 Å². The molecule has 1 fully saturated rings. The van der Waals surface area contributed by atoms with Crippen molar-refractivity contribution < 1.29 is 19.4 Å². The minimum Gasteiger partial charge on any atom is -0.389 e. The highest BCUT2D eigenvalue weighted by Crippen LogP contribution is 2.37. The van der Waals surface area contributed by atoms with Crippen LogP contribution in [-0.4, -0.2) is 48.2 Å². The van der Waals surface area contributed by atoms with Crippen molar-refractivity contribution in [3.63, 3.8) is 0 Å². The fraction of sp³-hybridized carbons (Fsp3) is 0.538. The highest BCUT2D eigenvalue weighted by Gasteiger charge is 2.49. The summed E-state index contributed by atoms with van der Waals surface area (Å²) in [6.07, 6.45) is -0.690. The molecule has 104 valence electrons. The number of ether oxygens (including phenoxy) is 1. The lowest BCUT2D eigenvalue weighted by Crippen LogP contribution is -2.41. The van der Waals surface area contributed by atoms with Gasteiger partial charge < -0.3 is 9.84 Å². The number of hydrogen-bond acceptors (Lipinski definition) is 5. The van der Waals surface area contributed by atoms with Crippen molar-refractivity contribution >= 4 is 23.2 Å². The predicted molar refractivity (Wildman–Crippen MR) is 70.9 cm³/mol. The van der Waals surface area contributed by atoms with Crippen molar-refractivity contribution in [1.29, 1.82) is 0 Å². The number of amides is 2. The van der Waals surface area contributed by atoms with Crippen molar-refractivity contribution in [2.45, 2.75) is 24.9 Å². The number of carbonyl (C=O) groups excluding carboxylic acids is 2. The molecule has 1 aromatic heterocycles. The van der Waals surface area contributed by atoms with Crippen LogP contribution < -0.4 is 0 Å². The monoisotopic (exact) mass is 283 g/mol. The Morgan fingerprint density at radius 3 is 2.89 bits per heavy atom. The summed E-state index contributed by atoms with van der Waals surface area (Å²) in [6.45, 7) is 1.87. The van der Waals surface area contributed by atoms with Crippen molar-refractivity contribution in [1.82, 2.24) is 4.90 Å². The Morgan fingerprint density at radius 2 is 2.32 bits per heavy atom. The molecule has 0 bridgehead atoms. The molecule has 0 spiro atoms. The first-order valence-electron chi connectivity index (χ1n) is 6.03. The van der Waals surface area contributed by atoms with Gasteiger partial charge in [0.2, 0.25) is 11.8 Å². The second-order valence-electron chi connectivity index (χ2n) is 4.94. The molecule has 1 aromatic rings. The highest BCUT2D eigenvalue weighted by molar-refractivity contribution is 7.08. The number of thiophene rings is 1. The van der Waals surface area contributed by atoms with E-state index in [4.69, 9.17) is 4.74 Å². The summed E-state index contributed by atoms with van der Waals surface area (Å²) >= 11 is 1.50. The minimum absolute atomic E-state index is 0.00870. The van der Waals surface area contributed by atoms with E-state index in [-0.39, 0.29) is 31.4 Å². The fourth-order valence-corrected chi connectivity index (χ4v) is 3.12. The topological polar surface area (TPSA) is 66.8 Å². The van der Waals surface area contributed by atoms with Crippen LogP contribution in [0.4, 0.5) is 0 Å². The van der Waals surface area contributed by atoms with Crippen LogP contribution in [0, 0.1) is 0 Å². The van der Waals surface area contributed by atoms with Gasteiger partial charge in [-0.05, 0) is 29.3 Å². The number of aliphatic hydroxyl groups is 1. The van der Waals surface area contributed by atoms with Crippen molar-refractivity contribution in [3.05, 3.63) is 22.4 Å². The van der Waals surface area contributed by atoms with Gasteiger partial charge in [-0.3, -0.25) is 14.5 Å². The molecule has 1 aliphatic heterocycles. The Hall–Kier alpha value is -1.24. The number of nitrogens with zero attached hydrogens (tertiary/aromatic N) is 1. The lowest BCUT2D eigenvalue weighted by atomic mass is 9.83. The molecule has 2 heterocycles. The quantitative estimate of drug-likeness (QED) is 0.811. The molecule has 1 aliphatic rings. The Bertz CT molecular complexity index is 473. The third kappa shape index (κ3) is 2.56. The summed E-state index contributed by atoms with van der Waals surface area (Å²) in [5.41, 5.74) is 0.0590. The van der Waals surface area contributed by atoms with Crippen LogP contribution in [0.1, 0.15) is 18.9 Å². The number of imide groups is 1. The van der Waals surface area contributed by atoms with Gasteiger partial charge in [-0.2, -0.15) is 11.3 Å². The molecular formula is C13H17NO4S. The first kappa shape index (κ1) is 14.2. The molecular weight excluding hydrogens is 266 g/mol. The van der Waals surface area contributed by atoms with E-state index < -0.39 is 11.5 Å². The maximum Gasteiger partial charge on any atom is 0.240 e. The lowest BCUT2D eigenvalue weighted by molar-refractivity contribution is -0.141. The molecule has 1 saturated heterocycles. The molecule has 2 rings (SSSR count). The van der Waals surface area contributed by atoms with Crippen LogP contribution in [0.2, 0.25) is 0 Å². The summed E-state index contributed by atoms with van der Waals surface area (Å²) in [5.74, 6) is -0.486. The van der Waals surface area contributed by atoms with Crippen LogP contribution in [0.3, 0.4) is 0 Å². The summed E-state index contributed by atoms with van der Waals surface area (Å²) < 4.78 is 4.81. The van der Waals surface area contributed by atoms with E-state index in [2.05, 4.69) is 0 Å². The molecule has 2 atom stereocenters. The molecule has 0 radical (unpaired) electrons. The van der Waals surface area contributed by atoms with E-state index in [0.29, 0.717) is 0 Å². The number of β-amino-alcohol motifs (C(OH)–C–C–N with tert-alkyl or cyclic N) is 1. The molecule has 0 aromatic carbocycles. The SMILES string of the molecule is COC[C@H](O)CN1C(=O)C[C@](C)(c2ccsc2)C1=O. The molecule has 19 heavy (non-hydrogen) atoms. The Labute approximate surface area is 115 Å². The molecule has 0 saturated carbocycles. The van der Waals surface area contributed by atoms with Gasteiger partial charge in [-0.15, -0.1) is 0 Å². The highest BCUT2D eigenvalue weighted by atomic mass is 32.1. The van der Waals surface area contributed by atoms with Crippen LogP contribution in [0.15, 0.2) is 16.8 Å². The number of likely N-dealkylation sites (tertiary alicyclic amines) is 1. The largest absolute Gasteiger partial charge is 0.389 e. The number of methoxy groups -OCH3 is 1. The van der Waals surface area contributed by atoms with E-state index in [1.54, 1.807) is 6.92 Å². The summed E-state index contributed by atoms with van der Waals surface area (Å²) in [4.78, 5) is 25.6. The Balaban J connectivity index is 2.17. The molecule has 6 heteroatoms. The van der Waals surface area contributed by atoms with Crippen molar-refractivity contribution in [3.8, 4) is 0 Å². The maximum absolute atomic E-state index is 12.4. The number of hydrogen-bond donors (Lipinski definition) is 1. The third-order valence-electron chi connectivity index (χ3n) is 3.43. The van der Waals surface area contributed by atoms with Crippen molar-refractivity contribution in [2.75, 3.05) is 20.3 Å². The van der Waals surface area contributed by atoms with Gasteiger partial charge in [0, 0.05) is 13.5 Å². The Kier molecular flexibility index (Phi) is 4.03. The van der Waals surface area contributed by atoms with E-state index in [1.807, 2.05) is 16.8 Å². The average molecular weight is 283 g/mol. The van der Waals surface area contributed by atoms with Crippen LogP contribution in [0.5, 0.6) is 0 Å². The van der Waals surface area contributed by atoms with E-state index in [1.165, 1.54) is 18.4 Å². The predicted octanol–water partition coefficient (Wildman–Crippen LogP) is 0.772. The van der Waals surface area contributed by atoms with Gasteiger partial charge in [0.05, 0.1) is 24.7 Å². The van der Waals surface area contributed by atoms with Crippen LogP contribution in [0.25, 0.3) is 0 Å². The zero-order valence-corrected chi connectivity index (χ0v) is 11.8. The van der Waals surface area contributed by atoms with E-state index >= 15 is 0 Å². The number of rotatable bonds is 5. The second kappa shape index (κ2) is 5.40. The second-order valence-corrected chi connectivity index (χ2v) is 5.72. The smallest absolute Gasteiger partial charge is 0.240 e. The van der Waals surface area contributed by atoms with Gasteiger partial charge in [-0.25, -0.2) is 0 Å². The average Bonchev–Trinajstić information content (AvgIpc) is 2.94. The first-order chi connectivity index (χ1) is 8.99. The summed E-state index contributed by atoms with van der Waals surface area (Å²) in [6, 6.07) is 1.87.